The van der Waals surface area contributed by atoms with Crippen LogP contribution in [0.4, 0.5) is 34.1 Å². The molecule has 0 bridgehead atoms. The Morgan fingerprint density at radius 3 is 0.968 bits per heavy atom. The molecule has 0 atom stereocenters. The van der Waals surface area contributed by atoms with Gasteiger partial charge in [-0.15, -0.1) is 0 Å². The standard InChI is InChI=1S/C61H44N2/c1-6-25-45(26-7-1)61(56-41-20-16-35-50(56)51-36-17-21-42-57(51)61)58-43-22-18-37-52(58)54-39-24-40-55(60(54)63(48-31-12-4-13-32-48)49-33-14-5-15-34-49)53-38-19-23-44-59(53)62(46-27-8-2-9-28-46)47-29-10-3-11-30-47/h1-44H. The molecule has 10 aromatic carbocycles. The molecule has 11 rings (SSSR count). The van der Waals surface area contributed by atoms with Crippen molar-refractivity contribution in [1.29, 1.82) is 0 Å². The van der Waals surface area contributed by atoms with Gasteiger partial charge in [0.1, 0.15) is 0 Å². The molecule has 10 aromatic rings. The quantitative estimate of drug-likeness (QED) is 0.136. The van der Waals surface area contributed by atoms with Gasteiger partial charge in [-0.2, -0.15) is 0 Å². The minimum Gasteiger partial charge on any atom is -0.310 e. The fourth-order valence-corrected chi connectivity index (χ4v) is 9.98. The van der Waals surface area contributed by atoms with Gasteiger partial charge >= 0.3 is 0 Å². The van der Waals surface area contributed by atoms with Crippen molar-refractivity contribution in [3.05, 3.63) is 289 Å². The van der Waals surface area contributed by atoms with Crippen LogP contribution in [-0.2, 0) is 5.41 Å². The van der Waals surface area contributed by atoms with Crippen molar-refractivity contribution in [2.45, 2.75) is 5.41 Å². The molecule has 0 saturated carbocycles. The van der Waals surface area contributed by atoms with Gasteiger partial charge in [-0.25, -0.2) is 0 Å². The Balaban J connectivity index is 1.26. The number of nitrogens with zero attached hydrogens (tertiary/aromatic N) is 2. The van der Waals surface area contributed by atoms with E-state index in [1.165, 1.54) is 38.9 Å². The van der Waals surface area contributed by atoms with Gasteiger partial charge in [0.2, 0.25) is 0 Å². The zero-order valence-electron chi connectivity index (χ0n) is 34.8. The molecule has 2 heteroatoms. The van der Waals surface area contributed by atoms with Crippen LogP contribution in [-0.4, -0.2) is 0 Å². The third-order valence-electron chi connectivity index (χ3n) is 12.5. The predicted octanol–water partition coefficient (Wildman–Crippen LogP) is 16.3. The zero-order chi connectivity index (χ0) is 42.0. The van der Waals surface area contributed by atoms with E-state index in [9.17, 15) is 0 Å². The summed E-state index contributed by atoms with van der Waals surface area (Å²) >= 11 is 0. The van der Waals surface area contributed by atoms with Crippen LogP contribution in [0.15, 0.2) is 267 Å². The largest absolute Gasteiger partial charge is 0.310 e. The summed E-state index contributed by atoms with van der Waals surface area (Å²) in [6.45, 7) is 0. The van der Waals surface area contributed by atoms with E-state index in [4.69, 9.17) is 0 Å². The third-order valence-corrected chi connectivity index (χ3v) is 12.5. The molecule has 63 heavy (non-hydrogen) atoms. The van der Waals surface area contributed by atoms with E-state index in [0.717, 1.165) is 50.8 Å². The summed E-state index contributed by atoms with van der Waals surface area (Å²) in [7, 11) is 0. The summed E-state index contributed by atoms with van der Waals surface area (Å²) in [6, 6.07) is 97.0. The van der Waals surface area contributed by atoms with E-state index in [0.29, 0.717) is 0 Å². The number of para-hydroxylation sites is 6. The van der Waals surface area contributed by atoms with Gasteiger partial charge in [-0.3, -0.25) is 0 Å². The fourth-order valence-electron chi connectivity index (χ4n) is 9.98. The van der Waals surface area contributed by atoms with Crippen molar-refractivity contribution in [1.82, 2.24) is 0 Å². The first-order valence-electron chi connectivity index (χ1n) is 21.7. The molecule has 2 nitrogen and oxygen atoms in total. The molecule has 0 fully saturated rings. The van der Waals surface area contributed by atoms with Gasteiger partial charge in [-0.1, -0.05) is 212 Å². The van der Waals surface area contributed by atoms with Gasteiger partial charge in [-0.05, 0) is 93.5 Å². The molecule has 0 heterocycles. The van der Waals surface area contributed by atoms with Gasteiger partial charge in [0.15, 0.2) is 0 Å². The molecule has 0 aliphatic heterocycles. The van der Waals surface area contributed by atoms with Crippen LogP contribution < -0.4 is 9.80 Å². The van der Waals surface area contributed by atoms with Crippen molar-refractivity contribution in [2.75, 3.05) is 9.80 Å². The fraction of sp³-hybridized carbons (Fsp3) is 0.0164. The van der Waals surface area contributed by atoms with Crippen molar-refractivity contribution >= 4 is 34.1 Å². The predicted molar refractivity (Wildman–Crippen MR) is 264 cm³/mol. The summed E-state index contributed by atoms with van der Waals surface area (Å²) in [4.78, 5) is 4.84. The minimum atomic E-state index is -0.599. The maximum absolute atomic E-state index is 2.46. The molecule has 298 valence electrons. The van der Waals surface area contributed by atoms with Crippen molar-refractivity contribution in [2.24, 2.45) is 0 Å². The average Bonchev–Trinajstić information content (AvgIpc) is 3.67. The van der Waals surface area contributed by atoms with E-state index in [2.05, 4.69) is 277 Å². The Bertz CT molecular complexity index is 3040. The summed E-state index contributed by atoms with van der Waals surface area (Å²) in [5, 5.41) is 0. The number of benzene rings is 10. The first-order valence-corrected chi connectivity index (χ1v) is 21.7. The van der Waals surface area contributed by atoms with Crippen LogP contribution in [0.5, 0.6) is 0 Å². The lowest BCUT2D eigenvalue weighted by molar-refractivity contribution is 0.770. The molecule has 0 aromatic heterocycles. The number of fused-ring (bicyclic) bond motifs is 3. The van der Waals surface area contributed by atoms with Gasteiger partial charge < -0.3 is 9.80 Å². The van der Waals surface area contributed by atoms with Gasteiger partial charge in [0, 0.05) is 39.4 Å². The highest BCUT2D eigenvalue weighted by molar-refractivity contribution is 6.02. The lowest BCUT2D eigenvalue weighted by Gasteiger charge is -2.37. The SMILES string of the molecule is c1ccc(N(c2ccccc2)c2ccccc2-c2cccc(-c3ccccc3C3(c4ccccc4)c4ccccc4-c4ccccc43)c2N(c2ccccc2)c2ccccc2)cc1. The Labute approximate surface area is 370 Å². The van der Waals surface area contributed by atoms with Crippen LogP contribution in [0, 0.1) is 0 Å². The summed E-state index contributed by atoms with van der Waals surface area (Å²) in [6.07, 6.45) is 0. The van der Waals surface area contributed by atoms with E-state index in [1.807, 2.05) is 0 Å². The highest BCUT2D eigenvalue weighted by Crippen LogP contribution is 2.59. The molecule has 0 unspecified atom stereocenters. The van der Waals surface area contributed by atoms with E-state index in [1.54, 1.807) is 0 Å². The highest BCUT2D eigenvalue weighted by Gasteiger charge is 2.47. The molecule has 0 N–H and O–H groups in total. The van der Waals surface area contributed by atoms with Crippen molar-refractivity contribution < 1.29 is 0 Å². The van der Waals surface area contributed by atoms with Crippen LogP contribution in [0.25, 0.3) is 33.4 Å². The monoisotopic (exact) mass is 804 g/mol. The molecule has 0 saturated heterocycles. The molecular weight excluding hydrogens is 761 g/mol. The first kappa shape index (κ1) is 37.8. The van der Waals surface area contributed by atoms with Crippen molar-refractivity contribution in [3.8, 4) is 33.4 Å². The summed E-state index contributed by atoms with van der Waals surface area (Å²) in [5.74, 6) is 0. The number of hydrogen-bond donors (Lipinski definition) is 0. The number of anilines is 6. The summed E-state index contributed by atoms with van der Waals surface area (Å²) < 4.78 is 0. The number of hydrogen-bond acceptors (Lipinski definition) is 2. The molecule has 0 radical (unpaired) electrons. The minimum absolute atomic E-state index is 0.599. The third kappa shape index (κ3) is 6.43. The van der Waals surface area contributed by atoms with Crippen LogP contribution in [0.1, 0.15) is 22.3 Å². The Morgan fingerprint density at radius 2 is 0.524 bits per heavy atom. The van der Waals surface area contributed by atoms with E-state index in [-0.39, 0.29) is 0 Å². The number of rotatable bonds is 10. The Kier molecular flexibility index (Phi) is 9.80. The molecule has 0 amide bonds. The first-order chi connectivity index (χ1) is 31.3. The Hall–Kier alpha value is -8.20. The average molecular weight is 805 g/mol. The summed E-state index contributed by atoms with van der Waals surface area (Å²) in [5.41, 5.74) is 18.0. The second-order valence-corrected chi connectivity index (χ2v) is 16.0. The van der Waals surface area contributed by atoms with Gasteiger partial charge in [0.25, 0.3) is 0 Å². The highest BCUT2D eigenvalue weighted by atomic mass is 15.2. The zero-order valence-corrected chi connectivity index (χ0v) is 34.8. The maximum atomic E-state index is 2.46. The molecular formula is C61H44N2. The molecule has 1 aliphatic rings. The maximum Gasteiger partial charge on any atom is 0.0719 e. The smallest absolute Gasteiger partial charge is 0.0719 e. The second-order valence-electron chi connectivity index (χ2n) is 16.0. The van der Waals surface area contributed by atoms with Crippen LogP contribution >= 0.6 is 0 Å². The topological polar surface area (TPSA) is 6.48 Å². The van der Waals surface area contributed by atoms with Crippen molar-refractivity contribution in [3.63, 3.8) is 0 Å². The van der Waals surface area contributed by atoms with E-state index >= 15 is 0 Å². The lowest BCUT2D eigenvalue weighted by Crippen LogP contribution is -2.29. The molecule has 1 aliphatic carbocycles. The normalized spacial score (nSPS) is 12.3. The van der Waals surface area contributed by atoms with Crippen LogP contribution in [0.2, 0.25) is 0 Å². The van der Waals surface area contributed by atoms with E-state index < -0.39 is 5.41 Å². The lowest BCUT2D eigenvalue weighted by atomic mass is 9.65. The Morgan fingerprint density at radius 1 is 0.222 bits per heavy atom. The van der Waals surface area contributed by atoms with Crippen LogP contribution in [0.3, 0.4) is 0 Å². The second kappa shape index (κ2) is 16.3. The molecule has 0 spiro atoms. The van der Waals surface area contributed by atoms with Gasteiger partial charge in [0.05, 0.1) is 16.8 Å².